The van der Waals surface area contributed by atoms with Gasteiger partial charge in [-0.1, -0.05) is 6.07 Å². The minimum Gasteiger partial charge on any atom is -0.486 e. The molecule has 5 nitrogen and oxygen atoms in total. The lowest BCUT2D eigenvalue weighted by Crippen LogP contribution is -2.05. The molecule has 152 valence electrons. The smallest absolute Gasteiger partial charge is 0.416 e. The van der Waals surface area contributed by atoms with Gasteiger partial charge in [0.2, 0.25) is 0 Å². The van der Waals surface area contributed by atoms with Gasteiger partial charge >= 0.3 is 6.18 Å². The van der Waals surface area contributed by atoms with Crippen molar-refractivity contribution >= 4 is 11.9 Å². The van der Waals surface area contributed by atoms with Crippen molar-refractivity contribution < 1.29 is 27.1 Å². The van der Waals surface area contributed by atoms with E-state index in [2.05, 4.69) is 5.10 Å². The Balaban J connectivity index is 1.61. The monoisotopic (exact) mass is 404 g/mol. The number of hydrogen-bond donors (Lipinski definition) is 0. The Morgan fingerprint density at radius 2 is 2.07 bits per heavy atom. The van der Waals surface area contributed by atoms with E-state index < -0.39 is 11.7 Å². The molecule has 2 heterocycles. The van der Waals surface area contributed by atoms with Gasteiger partial charge in [-0.3, -0.25) is 9.48 Å². The summed E-state index contributed by atoms with van der Waals surface area (Å²) in [5.74, 6) is 0.748. The van der Waals surface area contributed by atoms with Crippen molar-refractivity contribution in [3.8, 4) is 5.75 Å². The molecule has 0 amide bonds. The van der Waals surface area contributed by atoms with Gasteiger partial charge in [-0.05, 0) is 56.3 Å². The fraction of sp³-hybridized carbons (Fsp3) is 0.238. The number of furan rings is 1. The molecule has 0 saturated heterocycles. The van der Waals surface area contributed by atoms with Gasteiger partial charge in [0.25, 0.3) is 0 Å². The van der Waals surface area contributed by atoms with Crippen LogP contribution in [0.5, 0.6) is 5.75 Å². The van der Waals surface area contributed by atoms with Gasteiger partial charge in [-0.2, -0.15) is 18.3 Å². The number of alkyl halides is 3. The number of allylic oxidation sites excluding steroid dienone is 1. The number of nitrogens with zero attached hydrogens (tertiary/aromatic N) is 2. The van der Waals surface area contributed by atoms with E-state index in [-0.39, 0.29) is 18.1 Å². The fourth-order valence-corrected chi connectivity index (χ4v) is 2.65. The van der Waals surface area contributed by atoms with Crippen molar-refractivity contribution in [1.29, 1.82) is 0 Å². The average Bonchev–Trinajstić information content (AvgIpc) is 3.30. The van der Waals surface area contributed by atoms with E-state index in [1.807, 2.05) is 6.92 Å². The first-order chi connectivity index (χ1) is 13.8. The van der Waals surface area contributed by atoms with Crippen LogP contribution in [0.15, 0.2) is 53.1 Å². The van der Waals surface area contributed by atoms with E-state index in [0.717, 1.165) is 12.1 Å². The zero-order valence-corrected chi connectivity index (χ0v) is 15.9. The first-order valence-electron chi connectivity index (χ1n) is 8.91. The van der Waals surface area contributed by atoms with Crippen LogP contribution in [-0.2, 0) is 19.3 Å². The van der Waals surface area contributed by atoms with Crippen molar-refractivity contribution in [3.63, 3.8) is 0 Å². The maximum atomic E-state index is 12.7. The van der Waals surface area contributed by atoms with Crippen LogP contribution in [0.3, 0.4) is 0 Å². The molecule has 8 heteroatoms. The van der Waals surface area contributed by atoms with Crippen molar-refractivity contribution in [2.75, 3.05) is 0 Å². The van der Waals surface area contributed by atoms with Gasteiger partial charge in [0, 0.05) is 12.7 Å². The average molecular weight is 404 g/mol. The Morgan fingerprint density at radius 1 is 1.28 bits per heavy atom. The van der Waals surface area contributed by atoms with E-state index in [1.54, 1.807) is 29.9 Å². The molecule has 0 spiro atoms. The predicted octanol–water partition coefficient (Wildman–Crippen LogP) is 5.30. The molecule has 0 aliphatic heterocycles. The number of aromatic nitrogens is 2. The zero-order valence-electron chi connectivity index (χ0n) is 15.9. The van der Waals surface area contributed by atoms with Crippen LogP contribution >= 0.6 is 0 Å². The van der Waals surface area contributed by atoms with Crippen molar-refractivity contribution in [3.05, 3.63) is 77.0 Å². The van der Waals surface area contributed by atoms with E-state index in [4.69, 9.17) is 9.15 Å². The predicted molar refractivity (Wildman–Crippen MR) is 100 cm³/mol. The summed E-state index contributed by atoms with van der Waals surface area (Å²) >= 11 is 0. The van der Waals surface area contributed by atoms with E-state index in [1.165, 1.54) is 24.3 Å². The molecular formula is C21H19F3N2O3. The molecule has 0 N–H and O–H groups in total. The third kappa shape index (κ3) is 5.16. The summed E-state index contributed by atoms with van der Waals surface area (Å²) in [4.78, 5) is 12.3. The van der Waals surface area contributed by atoms with Gasteiger partial charge in [-0.25, -0.2) is 0 Å². The summed E-state index contributed by atoms with van der Waals surface area (Å²) in [7, 11) is 0. The van der Waals surface area contributed by atoms with Crippen LogP contribution in [0.2, 0.25) is 0 Å². The third-order valence-electron chi connectivity index (χ3n) is 4.16. The summed E-state index contributed by atoms with van der Waals surface area (Å²) in [5, 5.41) is 4.24. The van der Waals surface area contributed by atoms with Gasteiger partial charge in [0.15, 0.2) is 5.78 Å². The molecule has 29 heavy (non-hydrogen) atoms. The minimum atomic E-state index is -4.43. The van der Waals surface area contributed by atoms with Crippen LogP contribution in [0.4, 0.5) is 13.2 Å². The molecule has 3 rings (SSSR count). The second kappa shape index (κ2) is 8.38. The van der Waals surface area contributed by atoms with E-state index in [9.17, 15) is 18.0 Å². The molecule has 0 fully saturated rings. The molecule has 0 radical (unpaired) electrons. The van der Waals surface area contributed by atoms with E-state index in [0.29, 0.717) is 29.3 Å². The second-order valence-electron chi connectivity index (χ2n) is 6.30. The first kappa shape index (κ1) is 20.4. The quantitative estimate of drug-likeness (QED) is 0.396. The molecule has 0 aliphatic rings. The number of halogens is 3. The third-order valence-corrected chi connectivity index (χ3v) is 4.16. The Morgan fingerprint density at radius 3 is 2.76 bits per heavy atom. The van der Waals surface area contributed by atoms with Crippen molar-refractivity contribution in [2.24, 2.45) is 0 Å². The van der Waals surface area contributed by atoms with E-state index >= 15 is 0 Å². The Kier molecular flexibility index (Phi) is 5.91. The van der Waals surface area contributed by atoms with Gasteiger partial charge in [0.1, 0.15) is 23.9 Å². The molecule has 2 aromatic heterocycles. The molecule has 0 atom stereocenters. The normalized spacial score (nSPS) is 11.9. The SMILES string of the molecule is CCn1cc(C(=O)/C=C/c2ccc(COc3cccc(C(F)(F)F)c3)o2)c(C)n1. The standard InChI is InChI=1S/C21H19F3N2O3/c1-3-26-12-19(14(2)25-26)20(27)10-9-16-7-8-18(29-16)13-28-17-6-4-5-15(11-17)21(22,23)24/h4-12H,3,13H2,1-2H3/b10-9+. The molecule has 1 aromatic carbocycles. The molecular weight excluding hydrogens is 385 g/mol. The largest absolute Gasteiger partial charge is 0.486 e. The number of carbonyl (C=O) groups excluding carboxylic acids is 1. The van der Waals surface area contributed by atoms with Crippen molar-refractivity contribution in [2.45, 2.75) is 33.2 Å². The zero-order chi connectivity index (χ0) is 21.0. The minimum absolute atomic E-state index is 0.0362. The summed E-state index contributed by atoms with van der Waals surface area (Å²) in [6, 6.07) is 7.92. The Labute approximate surface area is 165 Å². The van der Waals surface area contributed by atoms with Gasteiger partial charge in [0.05, 0.1) is 16.8 Å². The highest BCUT2D eigenvalue weighted by molar-refractivity contribution is 6.07. The Bertz CT molecular complexity index is 1030. The second-order valence-corrected chi connectivity index (χ2v) is 6.30. The number of aryl methyl sites for hydroxylation is 2. The number of ether oxygens (including phenoxy) is 1. The molecule has 0 unspecified atom stereocenters. The van der Waals surface area contributed by atoms with Crippen LogP contribution in [0.25, 0.3) is 6.08 Å². The fourth-order valence-electron chi connectivity index (χ4n) is 2.65. The number of carbonyl (C=O) groups is 1. The van der Waals surface area contributed by atoms with Gasteiger partial charge in [-0.15, -0.1) is 0 Å². The molecule has 3 aromatic rings. The highest BCUT2D eigenvalue weighted by Gasteiger charge is 2.30. The maximum absolute atomic E-state index is 12.7. The van der Waals surface area contributed by atoms with Crippen LogP contribution in [-0.4, -0.2) is 15.6 Å². The summed E-state index contributed by atoms with van der Waals surface area (Å²) < 4.78 is 50.8. The maximum Gasteiger partial charge on any atom is 0.416 e. The van der Waals surface area contributed by atoms with Crippen LogP contribution in [0, 0.1) is 6.92 Å². The summed E-state index contributed by atoms with van der Waals surface area (Å²) in [6.45, 7) is 4.34. The molecule has 0 saturated carbocycles. The lowest BCUT2D eigenvalue weighted by atomic mass is 10.1. The summed E-state index contributed by atoms with van der Waals surface area (Å²) in [5.41, 5.74) is 0.386. The van der Waals surface area contributed by atoms with Gasteiger partial charge < -0.3 is 9.15 Å². The molecule has 0 aliphatic carbocycles. The first-order valence-corrected chi connectivity index (χ1v) is 8.91. The number of benzene rings is 1. The number of hydrogen-bond acceptors (Lipinski definition) is 4. The topological polar surface area (TPSA) is 57.3 Å². The molecule has 0 bridgehead atoms. The highest BCUT2D eigenvalue weighted by Crippen LogP contribution is 2.31. The van der Waals surface area contributed by atoms with Crippen LogP contribution < -0.4 is 4.74 Å². The number of ketones is 1. The van der Waals surface area contributed by atoms with Crippen molar-refractivity contribution in [1.82, 2.24) is 9.78 Å². The van der Waals surface area contributed by atoms with Crippen LogP contribution in [0.1, 0.15) is 40.1 Å². The number of rotatable bonds is 7. The lowest BCUT2D eigenvalue weighted by Gasteiger charge is -2.09. The highest BCUT2D eigenvalue weighted by atomic mass is 19.4. The lowest BCUT2D eigenvalue weighted by molar-refractivity contribution is -0.137. The summed E-state index contributed by atoms with van der Waals surface area (Å²) in [6.07, 6.45) is 0.179. The Hall–Kier alpha value is -3.29.